The summed E-state index contributed by atoms with van der Waals surface area (Å²) in [6.07, 6.45) is -0.760. The molecular weight excluding hydrogens is 170 g/mol. The van der Waals surface area contributed by atoms with Crippen molar-refractivity contribution in [1.82, 2.24) is 4.72 Å². The van der Waals surface area contributed by atoms with E-state index in [1.165, 1.54) is 6.92 Å². The van der Waals surface area contributed by atoms with Crippen LogP contribution in [0.3, 0.4) is 0 Å². The lowest BCUT2D eigenvalue weighted by Gasteiger charge is -2.13. The molecule has 2 atom stereocenters. The Labute approximate surface area is 65.8 Å². The summed E-state index contributed by atoms with van der Waals surface area (Å²) < 4.78 is 22.5. The fourth-order valence-corrected chi connectivity index (χ4v) is 0.808. The van der Waals surface area contributed by atoms with Crippen molar-refractivity contribution in [1.29, 1.82) is 0 Å². The molecular formula is C4H13N3O3S. The van der Waals surface area contributed by atoms with Gasteiger partial charge >= 0.3 is 0 Å². The molecule has 0 aromatic heterocycles. The molecule has 6 N–H and O–H groups in total. The highest BCUT2D eigenvalue weighted by atomic mass is 32.2. The average Bonchev–Trinajstić information content (AvgIpc) is 1.80. The molecule has 0 saturated carbocycles. The molecule has 68 valence electrons. The summed E-state index contributed by atoms with van der Waals surface area (Å²) in [6.45, 7) is 1.41. The third-order valence-corrected chi connectivity index (χ3v) is 1.71. The number of hydrogen-bond donors (Lipinski definition) is 4. The third-order valence-electron chi connectivity index (χ3n) is 1.14. The molecule has 0 fully saturated rings. The van der Waals surface area contributed by atoms with E-state index >= 15 is 0 Å². The first kappa shape index (κ1) is 10.8. The van der Waals surface area contributed by atoms with Crippen LogP contribution in [0.4, 0.5) is 0 Å². The zero-order valence-corrected chi connectivity index (χ0v) is 7.00. The Morgan fingerprint density at radius 1 is 1.64 bits per heavy atom. The quantitative estimate of drug-likeness (QED) is 0.385. The van der Waals surface area contributed by atoms with Crippen molar-refractivity contribution in [3.63, 3.8) is 0 Å². The molecule has 0 amide bonds. The predicted molar refractivity (Wildman–Crippen MR) is 40.8 cm³/mol. The second-order valence-electron chi connectivity index (χ2n) is 2.30. The number of aliphatic hydroxyl groups excluding tert-OH is 1. The standard InChI is InChI=1S/C4H13N3O3S/c1-3(8)4(5)2-7-11(6,9)10/h3-4,7-8H,2,5H2,1H3,(H2,6,9,10). The van der Waals surface area contributed by atoms with Crippen LogP contribution in [0.2, 0.25) is 0 Å². The van der Waals surface area contributed by atoms with E-state index in [1.807, 2.05) is 4.72 Å². The minimum Gasteiger partial charge on any atom is -0.392 e. The van der Waals surface area contributed by atoms with E-state index in [9.17, 15) is 8.42 Å². The van der Waals surface area contributed by atoms with Crippen LogP contribution < -0.4 is 15.6 Å². The Hall–Kier alpha value is -0.210. The van der Waals surface area contributed by atoms with Crippen molar-refractivity contribution >= 4 is 10.2 Å². The normalized spacial score (nSPS) is 17.8. The summed E-state index contributed by atoms with van der Waals surface area (Å²) in [7, 11) is -3.69. The Kier molecular flexibility index (Phi) is 3.90. The van der Waals surface area contributed by atoms with Gasteiger partial charge in [-0.05, 0) is 6.92 Å². The summed E-state index contributed by atoms with van der Waals surface area (Å²) in [6, 6.07) is -0.631. The van der Waals surface area contributed by atoms with Gasteiger partial charge in [0.05, 0.1) is 6.10 Å². The van der Waals surface area contributed by atoms with Gasteiger partial charge in [0.25, 0.3) is 10.2 Å². The topological polar surface area (TPSA) is 118 Å². The first-order valence-corrected chi connectivity index (χ1v) is 4.58. The van der Waals surface area contributed by atoms with Gasteiger partial charge in [-0.25, -0.2) is 9.86 Å². The summed E-state index contributed by atoms with van der Waals surface area (Å²) in [4.78, 5) is 0. The molecule has 0 rings (SSSR count). The van der Waals surface area contributed by atoms with Gasteiger partial charge in [0, 0.05) is 12.6 Å². The van der Waals surface area contributed by atoms with Crippen molar-refractivity contribution in [2.45, 2.75) is 19.1 Å². The Morgan fingerprint density at radius 3 is 2.36 bits per heavy atom. The molecule has 0 aliphatic carbocycles. The van der Waals surface area contributed by atoms with Crippen LogP contribution in [0.1, 0.15) is 6.92 Å². The van der Waals surface area contributed by atoms with Gasteiger partial charge in [-0.3, -0.25) is 0 Å². The second-order valence-corrected chi connectivity index (χ2v) is 3.68. The lowest BCUT2D eigenvalue weighted by Crippen LogP contribution is -2.45. The molecule has 0 aliphatic rings. The monoisotopic (exact) mass is 183 g/mol. The molecule has 0 bridgehead atoms. The molecule has 0 radical (unpaired) electrons. The molecule has 2 unspecified atom stereocenters. The van der Waals surface area contributed by atoms with E-state index in [-0.39, 0.29) is 6.54 Å². The van der Waals surface area contributed by atoms with E-state index < -0.39 is 22.4 Å². The highest BCUT2D eigenvalue weighted by molar-refractivity contribution is 7.87. The smallest absolute Gasteiger partial charge is 0.274 e. The number of nitrogens with one attached hydrogen (secondary N) is 1. The maximum absolute atomic E-state index is 10.3. The maximum atomic E-state index is 10.3. The molecule has 0 aromatic carbocycles. The van der Waals surface area contributed by atoms with E-state index in [0.29, 0.717) is 0 Å². The van der Waals surface area contributed by atoms with Crippen molar-refractivity contribution < 1.29 is 13.5 Å². The van der Waals surface area contributed by atoms with Crippen molar-refractivity contribution in [2.24, 2.45) is 10.9 Å². The van der Waals surface area contributed by atoms with Gasteiger partial charge in [0.1, 0.15) is 0 Å². The number of aliphatic hydroxyl groups is 1. The summed E-state index contributed by atoms with van der Waals surface area (Å²) in [5.41, 5.74) is 5.29. The summed E-state index contributed by atoms with van der Waals surface area (Å²) in [5.74, 6) is 0. The number of hydrogen-bond acceptors (Lipinski definition) is 4. The molecule has 0 heterocycles. The molecule has 0 aliphatic heterocycles. The van der Waals surface area contributed by atoms with Gasteiger partial charge in [0.2, 0.25) is 0 Å². The Balaban J connectivity index is 3.72. The number of rotatable bonds is 4. The largest absolute Gasteiger partial charge is 0.392 e. The minimum atomic E-state index is -3.69. The second kappa shape index (κ2) is 3.98. The highest BCUT2D eigenvalue weighted by Crippen LogP contribution is 1.85. The fourth-order valence-electron chi connectivity index (χ4n) is 0.383. The molecule has 11 heavy (non-hydrogen) atoms. The van der Waals surface area contributed by atoms with E-state index in [0.717, 1.165) is 0 Å². The molecule has 0 spiro atoms. The molecule has 6 nitrogen and oxygen atoms in total. The lowest BCUT2D eigenvalue weighted by molar-refractivity contribution is 0.164. The van der Waals surface area contributed by atoms with Crippen molar-refractivity contribution in [2.75, 3.05) is 6.54 Å². The van der Waals surface area contributed by atoms with E-state index in [2.05, 4.69) is 5.14 Å². The molecule has 0 saturated heterocycles. The van der Waals surface area contributed by atoms with E-state index in [1.54, 1.807) is 0 Å². The number of nitrogens with two attached hydrogens (primary N) is 2. The van der Waals surface area contributed by atoms with Gasteiger partial charge in [-0.15, -0.1) is 0 Å². The van der Waals surface area contributed by atoms with E-state index in [4.69, 9.17) is 10.8 Å². The summed E-state index contributed by atoms with van der Waals surface area (Å²) in [5, 5.41) is 13.4. The minimum absolute atomic E-state index is 0.0590. The van der Waals surface area contributed by atoms with Crippen LogP contribution in [0.5, 0.6) is 0 Å². The van der Waals surface area contributed by atoms with Crippen LogP contribution >= 0.6 is 0 Å². The van der Waals surface area contributed by atoms with Gasteiger partial charge in [-0.2, -0.15) is 8.42 Å². The zero-order valence-electron chi connectivity index (χ0n) is 6.19. The van der Waals surface area contributed by atoms with Crippen LogP contribution in [0.25, 0.3) is 0 Å². The van der Waals surface area contributed by atoms with Crippen LogP contribution in [0, 0.1) is 0 Å². The van der Waals surface area contributed by atoms with Crippen LogP contribution in [0.15, 0.2) is 0 Å². The van der Waals surface area contributed by atoms with Gasteiger partial charge in [0.15, 0.2) is 0 Å². The van der Waals surface area contributed by atoms with Gasteiger partial charge in [-0.1, -0.05) is 0 Å². The summed E-state index contributed by atoms with van der Waals surface area (Å²) >= 11 is 0. The first-order valence-electron chi connectivity index (χ1n) is 3.04. The fraction of sp³-hybridized carbons (Fsp3) is 1.00. The Morgan fingerprint density at radius 2 is 2.09 bits per heavy atom. The van der Waals surface area contributed by atoms with Gasteiger partial charge < -0.3 is 10.8 Å². The molecule has 7 heteroatoms. The lowest BCUT2D eigenvalue weighted by atomic mass is 10.2. The predicted octanol–water partition coefficient (Wildman–Crippen LogP) is -2.51. The average molecular weight is 183 g/mol. The third kappa shape index (κ3) is 6.20. The van der Waals surface area contributed by atoms with Crippen LogP contribution in [-0.4, -0.2) is 32.2 Å². The first-order chi connectivity index (χ1) is 4.83. The highest BCUT2D eigenvalue weighted by Gasteiger charge is 2.11. The maximum Gasteiger partial charge on any atom is 0.274 e. The Bertz CT molecular complexity index is 201. The van der Waals surface area contributed by atoms with Crippen LogP contribution in [-0.2, 0) is 10.2 Å². The zero-order chi connectivity index (χ0) is 9.07. The van der Waals surface area contributed by atoms with Crippen molar-refractivity contribution in [3.8, 4) is 0 Å². The van der Waals surface area contributed by atoms with Crippen molar-refractivity contribution in [3.05, 3.63) is 0 Å². The molecule has 0 aromatic rings. The SMILES string of the molecule is CC(O)C(N)CNS(N)(=O)=O.